The number of hydrogen-bond donors (Lipinski definition) is 1. The first-order valence-electron chi connectivity index (χ1n) is 6.22. The maximum absolute atomic E-state index is 12.0. The Labute approximate surface area is 120 Å². The Bertz CT molecular complexity index is 336. The molecular weight excluding hydrogens is 271 g/mol. The topological polar surface area (TPSA) is 32.3 Å². The first-order chi connectivity index (χ1) is 8.26. The first kappa shape index (κ1) is 15.8. The third-order valence-electron chi connectivity index (χ3n) is 3.58. The van der Waals surface area contributed by atoms with Crippen LogP contribution in [0, 0.1) is 17.3 Å². The van der Waals surface area contributed by atoms with Crippen molar-refractivity contribution in [3.05, 3.63) is 10.6 Å². The second-order valence-electron chi connectivity index (χ2n) is 5.73. The lowest BCUT2D eigenvalue weighted by molar-refractivity contribution is -0.123. The number of amides is 1. The Kier molecular flexibility index (Phi) is 5.50. The summed E-state index contributed by atoms with van der Waals surface area (Å²) in [5.74, 6) is 0.246. The molecule has 1 aliphatic rings. The molecule has 18 heavy (non-hydrogen) atoms. The monoisotopic (exact) mass is 292 g/mol. The molecule has 0 unspecified atom stereocenters. The van der Waals surface area contributed by atoms with Gasteiger partial charge in [0.1, 0.15) is 4.49 Å². The molecule has 1 aliphatic carbocycles. The molecule has 1 saturated carbocycles. The Morgan fingerprint density at radius 3 is 2.50 bits per heavy atom. The van der Waals surface area contributed by atoms with Gasteiger partial charge in [-0.1, -0.05) is 37.0 Å². The van der Waals surface area contributed by atoms with Gasteiger partial charge < -0.3 is 10.2 Å². The van der Waals surface area contributed by atoms with E-state index in [0.717, 1.165) is 13.0 Å². The minimum absolute atomic E-state index is 0.00986. The molecule has 1 fully saturated rings. The predicted octanol–water partition coefficient (Wildman–Crippen LogP) is 2.65. The Balaban J connectivity index is 2.37. The lowest BCUT2D eigenvalue weighted by atomic mass is 10.1. The van der Waals surface area contributed by atoms with Gasteiger partial charge in [0, 0.05) is 6.54 Å². The van der Waals surface area contributed by atoms with Crippen LogP contribution in [0.15, 0.2) is 10.6 Å². The van der Waals surface area contributed by atoms with E-state index >= 15 is 0 Å². The van der Waals surface area contributed by atoms with Gasteiger partial charge in [0.15, 0.2) is 0 Å². The molecule has 1 amide bonds. The maximum Gasteiger partial charge on any atom is 0.224 e. The molecule has 3 nitrogen and oxygen atoms in total. The van der Waals surface area contributed by atoms with Crippen LogP contribution in [0.25, 0.3) is 0 Å². The summed E-state index contributed by atoms with van der Waals surface area (Å²) in [6, 6.07) is 0. The molecule has 0 saturated heterocycles. The van der Waals surface area contributed by atoms with Crippen molar-refractivity contribution in [2.24, 2.45) is 17.3 Å². The van der Waals surface area contributed by atoms with Crippen molar-refractivity contribution in [1.29, 1.82) is 0 Å². The molecule has 0 spiro atoms. The number of hydrogen-bond acceptors (Lipinski definition) is 2. The average Bonchev–Trinajstić information content (AvgIpc) is 2.74. The van der Waals surface area contributed by atoms with Crippen LogP contribution in [-0.4, -0.2) is 38.0 Å². The summed E-state index contributed by atoms with van der Waals surface area (Å²) in [5.41, 5.74) is -0.0410. The quantitative estimate of drug-likeness (QED) is 0.764. The van der Waals surface area contributed by atoms with E-state index in [0.29, 0.717) is 6.54 Å². The number of allylic oxidation sites excluding steroid dienone is 1. The van der Waals surface area contributed by atoms with Gasteiger partial charge in [0.25, 0.3) is 0 Å². The minimum atomic E-state index is -0.0410. The highest BCUT2D eigenvalue weighted by atomic mass is 35.5. The molecule has 0 aromatic rings. The fourth-order valence-corrected chi connectivity index (χ4v) is 2.61. The molecule has 104 valence electrons. The largest absolute Gasteiger partial charge is 0.356 e. The van der Waals surface area contributed by atoms with Crippen molar-refractivity contribution in [3.8, 4) is 0 Å². The van der Waals surface area contributed by atoms with Crippen molar-refractivity contribution < 1.29 is 4.79 Å². The molecule has 0 radical (unpaired) electrons. The maximum atomic E-state index is 12.0. The standard InChI is InChI=1S/C13H22Cl2N2O/c1-13(2)9(8-10(14)15)11(13)12(18)16-6-5-7-17(3)4/h8-9,11H,5-7H2,1-4H3,(H,16,18)/t9-,11-/m0/s1. The smallest absolute Gasteiger partial charge is 0.224 e. The number of carbonyl (C=O) groups is 1. The van der Waals surface area contributed by atoms with Crippen molar-refractivity contribution in [3.63, 3.8) is 0 Å². The third kappa shape index (κ3) is 4.15. The van der Waals surface area contributed by atoms with Crippen molar-refractivity contribution in [2.45, 2.75) is 20.3 Å². The number of nitrogens with zero attached hydrogens (tertiary/aromatic N) is 1. The van der Waals surface area contributed by atoms with Gasteiger partial charge in [-0.25, -0.2) is 0 Å². The van der Waals surface area contributed by atoms with Gasteiger partial charge in [-0.05, 0) is 44.5 Å². The van der Waals surface area contributed by atoms with Gasteiger partial charge in [-0.15, -0.1) is 0 Å². The van der Waals surface area contributed by atoms with Crippen molar-refractivity contribution in [1.82, 2.24) is 10.2 Å². The van der Waals surface area contributed by atoms with Gasteiger partial charge in [0.05, 0.1) is 5.92 Å². The van der Waals surface area contributed by atoms with Gasteiger partial charge in [-0.3, -0.25) is 4.79 Å². The summed E-state index contributed by atoms with van der Waals surface area (Å²) in [4.78, 5) is 14.1. The lowest BCUT2D eigenvalue weighted by Gasteiger charge is -2.10. The predicted molar refractivity (Wildman–Crippen MR) is 76.7 cm³/mol. The zero-order valence-corrected chi connectivity index (χ0v) is 13.0. The fourth-order valence-electron chi connectivity index (χ4n) is 2.34. The SMILES string of the molecule is CN(C)CCCNC(=O)[C@@H]1[C@H](C=C(Cl)Cl)C1(C)C. The summed E-state index contributed by atoms with van der Waals surface area (Å²) >= 11 is 11.3. The third-order valence-corrected chi connectivity index (χ3v) is 3.83. The van der Waals surface area contributed by atoms with Crippen molar-refractivity contribution in [2.75, 3.05) is 27.2 Å². The molecule has 5 heteroatoms. The van der Waals surface area contributed by atoms with Crippen LogP contribution in [0.4, 0.5) is 0 Å². The van der Waals surface area contributed by atoms with Gasteiger partial charge >= 0.3 is 0 Å². The summed E-state index contributed by atoms with van der Waals surface area (Å²) in [5, 5.41) is 2.98. The molecule has 1 rings (SSSR count). The molecule has 0 aromatic carbocycles. The summed E-state index contributed by atoms with van der Waals surface area (Å²) in [6.45, 7) is 5.82. The normalized spacial score (nSPS) is 24.8. The number of carbonyl (C=O) groups excluding carboxylic acids is 1. The second-order valence-corrected chi connectivity index (χ2v) is 6.74. The van der Waals surface area contributed by atoms with Crippen LogP contribution in [0.5, 0.6) is 0 Å². The van der Waals surface area contributed by atoms with Crippen LogP contribution >= 0.6 is 23.2 Å². The molecular formula is C13H22Cl2N2O. The number of nitrogens with one attached hydrogen (secondary N) is 1. The lowest BCUT2D eigenvalue weighted by Crippen LogP contribution is -2.29. The molecule has 0 bridgehead atoms. The highest BCUT2D eigenvalue weighted by Crippen LogP contribution is 2.59. The summed E-state index contributed by atoms with van der Waals surface area (Å²) in [7, 11) is 4.05. The van der Waals surface area contributed by atoms with Crippen LogP contribution in [0.1, 0.15) is 20.3 Å². The van der Waals surface area contributed by atoms with E-state index in [1.165, 1.54) is 0 Å². The van der Waals surface area contributed by atoms with Gasteiger partial charge in [-0.2, -0.15) is 0 Å². The molecule has 0 aromatic heterocycles. The molecule has 0 aliphatic heterocycles. The fraction of sp³-hybridized carbons (Fsp3) is 0.769. The second kappa shape index (κ2) is 6.27. The zero-order chi connectivity index (χ0) is 13.9. The van der Waals surface area contributed by atoms with E-state index in [1.54, 1.807) is 6.08 Å². The van der Waals surface area contributed by atoms with E-state index in [-0.39, 0.29) is 27.6 Å². The van der Waals surface area contributed by atoms with Crippen LogP contribution in [-0.2, 0) is 4.79 Å². The van der Waals surface area contributed by atoms with E-state index in [4.69, 9.17) is 23.2 Å². The Morgan fingerprint density at radius 1 is 1.39 bits per heavy atom. The van der Waals surface area contributed by atoms with Crippen LogP contribution < -0.4 is 5.32 Å². The zero-order valence-electron chi connectivity index (χ0n) is 11.5. The Morgan fingerprint density at radius 2 is 2.00 bits per heavy atom. The van der Waals surface area contributed by atoms with Crippen LogP contribution in [0.3, 0.4) is 0 Å². The minimum Gasteiger partial charge on any atom is -0.356 e. The number of rotatable bonds is 6. The summed E-state index contributed by atoms with van der Waals surface area (Å²) in [6.07, 6.45) is 2.73. The molecule has 1 N–H and O–H groups in total. The van der Waals surface area contributed by atoms with E-state index < -0.39 is 0 Å². The highest BCUT2D eigenvalue weighted by molar-refractivity contribution is 6.55. The van der Waals surface area contributed by atoms with Crippen molar-refractivity contribution >= 4 is 29.1 Å². The van der Waals surface area contributed by atoms with Gasteiger partial charge in [0.2, 0.25) is 5.91 Å². The highest BCUT2D eigenvalue weighted by Gasteiger charge is 2.60. The molecule has 2 atom stereocenters. The first-order valence-corrected chi connectivity index (χ1v) is 6.97. The summed E-state index contributed by atoms with van der Waals surface area (Å²) < 4.78 is 0.246. The molecule has 0 heterocycles. The number of halogens is 2. The van der Waals surface area contributed by atoms with Crippen LogP contribution in [0.2, 0.25) is 0 Å². The van der Waals surface area contributed by atoms with E-state index in [2.05, 4.69) is 24.1 Å². The Hall–Kier alpha value is -0.250. The average molecular weight is 293 g/mol. The van der Waals surface area contributed by atoms with E-state index in [1.807, 2.05) is 14.1 Å². The van der Waals surface area contributed by atoms with E-state index in [9.17, 15) is 4.79 Å².